The fourth-order valence-corrected chi connectivity index (χ4v) is 2.64. The molecule has 0 saturated carbocycles. The Bertz CT molecular complexity index is 885. The molecule has 2 aromatic carbocycles. The number of hydrogen-bond donors (Lipinski definition) is 0. The third kappa shape index (κ3) is 3.30. The Labute approximate surface area is 126 Å². The first-order chi connectivity index (χ1) is 10.3. The van der Waals surface area contributed by atoms with Crippen molar-refractivity contribution in [3.63, 3.8) is 0 Å². The molecule has 0 aliphatic heterocycles. The molecule has 22 heavy (non-hydrogen) atoms. The van der Waals surface area contributed by atoms with Crippen LogP contribution in [0.25, 0.3) is 0 Å². The SMILES string of the molecule is CC(=O)c1cccc(OS(=O)(=O)c2ccc(F)c(C#N)c2)c1. The minimum Gasteiger partial charge on any atom is -0.379 e. The lowest BCUT2D eigenvalue weighted by molar-refractivity contribution is 0.101. The number of nitriles is 1. The zero-order valence-electron chi connectivity index (χ0n) is 11.4. The lowest BCUT2D eigenvalue weighted by Gasteiger charge is -2.08. The number of Topliss-reactive ketones (excluding diaryl/α,β-unsaturated/α-hetero) is 1. The molecule has 0 aliphatic rings. The second-order valence-electron chi connectivity index (χ2n) is 4.37. The summed E-state index contributed by atoms with van der Waals surface area (Å²) in [6.07, 6.45) is 0. The van der Waals surface area contributed by atoms with Gasteiger partial charge < -0.3 is 4.18 Å². The van der Waals surface area contributed by atoms with Gasteiger partial charge in [-0.2, -0.15) is 13.7 Å². The fraction of sp³-hybridized carbons (Fsp3) is 0.0667. The molecule has 0 N–H and O–H groups in total. The molecule has 112 valence electrons. The van der Waals surface area contributed by atoms with E-state index in [1.165, 1.54) is 31.2 Å². The topological polar surface area (TPSA) is 84.2 Å². The normalized spacial score (nSPS) is 10.8. The number of benzene rings is 2. The van der Waals surface area contributed by atoms with Gasteiger partial charge in [0, 0.05) is 5.56 Å². The Hall–Kier alpha value is -2.72. The third-order valence-electron chi connectivity index (χ3n) is 2.79. The molecule has 0 fully saturated rings. The summed E-state index contributed by atoms with van der Waals surface area (Å²) in [5, 5.41) is 8.73. The molecule has 5 nitrogen and oxygen atoms in total. The maximum absolute atomic E-state index is 13.2. The summed E-state index contributed by atoms with van der Waals surface area (Å²) < 4.78 is 42.4. The van der Waals surface area contributed by atoms with Crippen molar-refractivity contribution < 1.29 is 21.8 Å². The van der Waals surface area contributed by atoms with Gasteiger partial charge >= 0.3 is 10.1 Å². The maximum atomic E-state index is 13.2. The van der Waals surface area contributed by atoms with Crippen molar-refractivity contribution in [3.05, 3.63) is 59.4 Å². The van der Waals surface area contributed by atoms with Crippen LogP contribution >= 0.6 is 0 Å². The van der Waals surface area contributed by atoms with Crippen LogP contribution < -0.4 is 4.18 Å². The average molecular weight is 319 g/mol. The van der Waals surface area contributed by atoms with Crippen molar-refractivity contribution in [2.24, 2.45) is 0 Å². The van der Waals surface area contributed by atoms with Crippen LogP contribution in [0.5, 0.6) is 5.75 Å². The number of ketones is 1. The zero-order valence-corrected chi connectivity index (χ0v) is 12.2. The third-order valence-corrected chi connectivity index (χ3v) is 4.04. The van der Waals surface area contributed by atoms with E-state index in [2.05, 4.69) is 0 Å². The molecule has 0 bridgehead atoms. The van der Waals surface area contributed by atoms with Gasteiger partial charge in [0.2, 0.25) is 0 Å². The van der Waals surface area contributed by atoms with Crippen LogP contribution in [0.15, 0.2) is 47.4 Å². The molecule has 0 radical (unpaired) electrons. The van der Waals surface area contributed by atoms with E-state index in [0.29, 0.717) is 5.56 Å². The van der Waals surface area contributed by atoms with E-state index in [9.17, 15) is 17.6 Å². The van der Waals surface area contributed by atoms with Crippen molar-refractivity contribution in [1.29, 1.82) is 5.26 Å². The predicted octanol–water partition coefficient (Wildman–Crippen LogP) is 2.67. The summed E-state index contributed by atoms with van der Waals surface area (Å²) in [5.74, 6) is -1.10. The highest BCUT2D eigenvalue weighted by molar-refractivity contribution is 7.87. The number of hydrogen-bond acceptors (Lipinski definition) is 5. The molecular weight excluding hydrogens is 309 g/mol. The van der Waals surface area contributed by atoms with E-state index in [4.69, 9.17) is 9.44 Å². The molecular formula is C15H10FNO4S. The van der Waals surface area contributed by atoms with Gasteiger partial charge in [-0.25, -0.2) is 4.39 Å². The lowest BCUT2D eigenvalue weighted by atomic mass is 10.1. The Morgan fingerprint density at radius 1 is 1.23 bits per heavy atom. The maximum Gasteiger partial charge on any atom is 0.339 e. The molecule has 0 unspecified atom stereocenters. The molecule has 0 atom stereocenters. The molecule has 0 aliphatic carbocycles. The van der Waals surface area contributed by atoms with Gasteiger partial charge in [-0.3, -0.25) is 4.79 Å². The first kappa shape index (κ1) is 15.7. The Balaban J connectivity index is 2.38. The van der Waals surface area contributed by atoms with Crippen LogP contribution in [0.3, 0.4) is 0 Å². The van der Waals surface area contributed by atoms with Crippen molar-refractivity contribution in [2.75, 3.05) is 0 Å². The minimum absolute atomic E-state index is 0.0458. The fourth-order valence-electron chi connectivity index (χ4n) is 1.69. The number of carbonyl (C=O) groups is 1. The van der Waals surface area contributed by atoms with E-state index >= 15 is 0 Å². The van der Waals surface area contributed by atoms with Gasteiger partial charge in [-0.1, -0.05) is 12.1 Å². The number of rotatable bonds is 4. The molecule has 0 aromatic heterocycles. The first-order valence-electron chi connectivity index (χ1n) is 6.08. The van der Waals surface area contributed by atoms with Gasteiger partial charge in [0.25, 0.3) is 0 Å². The zero-order chi connectivity index (χ0) is 16.3. The number of halogens is 1. The summed E-state index contributed by atoms with van der Waals surface area (Å²) in [6.45, 7) is 1.34. The standard InChI is InChI=1S/C15H10FNO4S/c1-10(18)11-3-2-4-13(7-11)21-22(19,20)14-5-6-15(16)12(8-14)9-17/h2-8H,1H3. The lowest BCUT2D eigenvalue weighted by Crippen LogP contribution is -2.10. The Kier molecular flexibility index (Phi) is 4.24. The summed E-state index contributed by atoms with van der Waals surface area (Å²) in [4.78, 5) is 10.9. The van der Waals surface area contributed by atoms with Crippen LogP contribution in [-0.2, 0) is 10.1 Å². The van der Waals surface area contributed by atoms with Crippen molar-refractivity contribution >= 4 is 15.9 Å². The van der Waals surface area contributed by atoms with Gasteiger partial charge in [0.1, 0.15) is 22.5 Å². The van der Waals surface area contributed by atoms with Gasteiger partial charge in [-0.05, 0) is 37.3 Å². The average Bonchev–Trinajstić information content (AvgIpc) is 2.47. The largest absolute Gasteiger partial charge is 0.379 e. The van der Waals surface area contributed by atoms with Crippen LogP contribution in [0.2, 0.25) is 0 Å². The minimum atomic E-state index is -4.23. The van der Waals surface area contributed by atoms with E-state index in [-0.39, 0.29) is 16.4 Å². The second kappa shape index (κ2) is 5.95. The molecule has 2 rings (SSSR count). The van der Waals surface area contributed by atoms with Crippen LogP contribution in [-0.4, -0.2) is 14.2 Å². The predicted molar refractivity (Wildman–Crippen MR) is 75.4 cm³/mol. The van der Waals surface area contributed by atoms with Gasteiger partial charge in [-0.15, -0.1) is 0 Å². The smallest absolute Gasteiger partial charge is 0.339 e. The van der Waals surface area contributed by atoms with Gasteiger partial charge in [0.15, 0.2) is 5.78 Å². The van der Waals surface area contributed by atoms with E-state index in [1.54, 1.807) is 6.07 Å². The molecule has 2 aromatic rings. The Morgan fingerprint density at radius 2 is 1.95 bits per heavy atom. The molecule has 0 spiro atoms. The molecule has 0 saturated heterocycles. The van der Waals surface area contributed by atoms with E-state index in [0.717, 1.165) is 18.2 Å². The molecule has 0 amide bonds. The van der Waals surface area contributed by atoms with E-state index in [1.807, 2.05) is 0 Å². The quantitative estimate of drug-likeness (QED) is 0.639. The number of carbonyl (C=O) groups excluding carboxylic acids is 1. The summed E-state index contributed by atoms with van der Waals surface area (Å²) in [7, 11) is -4.23. The second-order valence-corrected chi connectivity index (χ2v) is 5.92. The first-order valence-corrected chi connectivity index (χ1v) is 7.49. The molecule has 0 heterocycles. The van der Waals surface area contributed by atoms with Crippen molar-refractivity contribution in [3.8, 4) is 11.8 Å². The monoisotopic (exact) mass is 319 g/mol. The number of nitrogens with zero attached hydrogens (tertiary/aromatic N) is 1. The van der Waals surface area contributed by atoms with Crippen molar-refractivity contribution in [1.82, 2.24) is 0 Å². The summed E-state index contributed by atoms with van der Waals surface area (Å²) in [6, 6.07) is 9.98. The van der Waals surface area contributed by atoms with Crippen LogP contribution in [0, 0.1) is 17.1 Å². The summed E-state index contributed by atoms with van der Waals surface area (Å²) >= 11 is 0. The highest BCUT2D eigenvalue weighted by atomic mass is 32.2. The van der Waals surface area contributed by atoms with E-state index < -0.39 is 21.5 Å². The molecule has 7 heteroatoms. The highest BCUT2D eigenvalue weighted by Gasteiger charge is 2.19. The Morgan fingerprint density at radius 3 is 2.59 bits per heavy atom. The van der Waals surface area contributed by atoms with Crippen molar-refractivity contribution in [2.45, 2.75) is 11.8 Å². The summed E-state index contributed by atoms with van der Waals surface area (Å²) in [5.41, 5.74) is -0.105. The highest BCUT2D eigenvalue weighted by Crippen LogP contribution is 2.21. The van der Waals surface area contributed by atoms with Crippen LogP contribution in [0.4, 0.5) is 4.39 Å². The van der Waals surface area contributed by atoms with Crippen LogP contribution in [0.1, 0.15) is 22.8 Å². The van der Waals surface area contributed by atoms with Gasteiger partial charge in [0.05, 0.1) is 5.56 Å².